The van der Waals surface area contributed by atoms with Crippen molar-refractivity contribution < 1.29 is 57.2 Å². The molecule has 0 aromatic heterocycles. The van der Waals surface area contributed by atoms with Gasteiger partial charge in [-0.1, -0.05) is 37.4 Å². The number of ether oxygens (including phenoxy) is 6. The highest BCUT2D eigenvalue weighted by Gasteiger charge is 2.63. The number of rotatable bonds is 17. The Morgan fingerprint density at radius 3 is 1.53 bits per heavy atom. The molecule has 0 unspecified atom stereocenters. The fraction of sp³-hybridized carbons (Fsp3) is 0.333. The number of carbonyl (C=O) groups is 6. The Labute approximate surface area is 295 Å². The molecule has 268 valence electrons. The average Bonchev–Trinajstić information content (AvgIpc) is 3.71. The molecule has 2 aromatic carbocycles. The van der Waals surface area contributed by atoms with Gasteiger partial charge in [0.15, 0.2) is 12.0 Å². The van der Waals surface area contributed by atoms with Crippen LogP contribution in [0.5, 0.6) is 11.5 Å². The van der Waals surface area contributed by atoms with Gasteiger partial charge in [-0.15, -0.1) is 0 Å². The number of hydrogen-bond acceptors (Lipinski definition) is 12. The van der Waals surface area contributed by atoms with E-state index in [4.69, 9.17) is 28.4 Å². The van der Waals surface area contributed by atoms with Gasteiger partial charge in [0.2, 0.25) is 0 Å². The van der Waals surface area contributed by atoms with Crippen LogP contribution in [0, 0.1) is 10.8 Å². The predicted molar refractivity (Wildman–Crippen MR) is 184 cm³/mol. The quantitative estimate of drug-likeness (QED) is 0.0389. The summed E-state index contributed by atoms with van der Waals surface area (Å²) in [5, 5.41) is 0. The van der Waals surface area contributed by atoms with E-state index in [9.17, 15) is 28.8 Å². The smallest absolute Gasteiger partial charge is 0.333 e. The number of fused-ring (bicyclic) bond motifs is 2. The van der Waals surface area contributed by atoms with Crippen LogP contribution in [0.4, 0.5) is 0 Å². The summed E-state index contributed by atoms with van der Waals surface area (Å²) < 4.78 is 31.6. The molecule has 0 atom stereocenters. The number of benzene rings is 2. The predicted octanol–water partition coefficient (Wildman–Crippen LogP) is 5.50. The summed E-state index contributed by atoms with van der Waals surface area (Å²) in [6, 6.07) is 13.1. The topological polar surface area (TPSA) is 158 Å². The minimum Gasteiger partial charge on any atom is -0.487 e. The summed E-state index contributed by atoms with van der Waals surface area (Å²) in [6.07, 6.45) is 7.14. The van der Waals surface area contributed by atoms with Crippen LogP contribution in [0.1, 0.15) is 57.1 Å². The molecule has 0 amide bonds. The molecule has 12 nitrogen and oxygen atoms in total. The molecule has 0 radical (unpaired) electrons. The van der Waals surface area contributed by atoms with Gasteiger partial charge in [0.25, 0.3) is 0 Å². The van der Waals surface area contributed by atoms with Crippen LogP contribution in [0.3, 0.4) is 0 Å². The third-order valence-electron chi connectivity index (χ3n) is 8.57. The molecule has 0 N–H and O–H groups in total. The molecule has 12 heteroatoms. The van der Waals surface area contributed by atoms with E-state index >= 15 is 0 Å². The number of esters is 5. The van der Waals surface area contributed by atoms with Gasteiger partial charge in [0.1, 0.15) is 37.9 Å². The normalized spacial score (nSPS) is 19.1. The molecule has 2 saturated carbocycles. The van der Waals surface area contributed by atoms with Crippen molar-refractivity contribution >= 4 is 48.3 Å². The standard InChI is InChI=1S/C39H40O12/c1-26(2)34(42)48-21-19-46-32(24-40)23-29-7-12-31(13-8-29)51-37(45)39-17-15-38(25-39,16-18-39)36(44)50-30-10-5-28(6-11-30)9-14-33(41)47-20-22-49-35(43)27(3)4/h5-14,23-24H,1,3,15-22,25H2,2,4H3/b14-9+,32-23+. The Kier molecular flexibility index (Phi) is 12.9. The highest BCUT2D eigenvalue weighted by Crippen LogP contribution is 2.62. The molecule has 51 heavy (non-hydrogen) atoms. The van der Waals surface area contributed by atoms with Gasteiger partial charge >= 0.3 is 29.8 Å². The van der Waals surface area contributed by atoms with Gasteiger partial charge in [0, 0.05) is 17.2 Å². The fourth-order valence-electron chi connectivity index (χ4n) is 5.77. The molecule has 0 saturated heterocycles. The second kappa shape index (κ2) is 17.2. The van der Waals surface area contributed by atoms with Crippen LogP contribution in [-0.4, -0.2) is 62.6 Å². The summed E-state index contributed by atoms with van der Waals surface area (Å²) in [7, 11) is 0. The SMILES string of the molecule is C=C(C)C(=O)OCCOC(=O)/C=C/c1ccc(OC(=O)C23CCC(C(=O)Oc4ccc(/C=C(\C=O)OCCOC(=O)C(=C)C)cc4)(CC2)C3)cc1. The maximum Gasteiger partial charge on any atom is 0.333 e. The van der Waals surface area contributed by atoms with Gasteiger partial charge in [-0.25, -0.2) is 14.4 Å². The molecular formula is C39H40O12. The summed E-state index contributed by atoms with van der Waals surface area (Å²) in [6.45, 7) is 9.78. The summed E-state index contributed by atoms with van der Waals surface area (Å²) in [5.41, 5.74) is 0.227. The van der Waals surface area contributed by atoms with E-state index < -0.39 is 40.7 Å². The highest BCUT2D eigenvalue weighted by molar-refractivity contribution is 5.89. The molecular weight excluding hydrogens is 660 g/mol. The summed E-state index contributed by atoms with van der Waals surface area (Å²) in [5.74, 6) is -1.81. The number of hydrogen-bond donors (Lipinski definition) is 0. The van der Waals surface area contributed by atoms with E-state index in [1.165, 1.54) is 32.1 Å². The molecule has 4 rings (SSSR count). The van der Waals surface area contributed by atoms with Crippen molar-refractivity contribution in [2.75, 3.05) is 26.4 Å². The van der Waals surface area contributed by atoms with Crippen molar-refractivity contribution in [1.82, 2.24) is 0 Å². The zero-order valence-corrected chi connectivity index (χ0v) is 28.6. The van der Waals surface area contributed by atoms with Crippen molar-refractivity contribution in [2.24, 2.45) is 10.8 Å². The first kappa shape index (κ1) is 38.0. The van der Waals surface area contributed by atoms with E-state index in [-0.39, 0.29) is 43.3 Å². The lowest BCUT2D eigenvalue weighted by Gasteiger charge is -2.25. The van der Waals surface area contributed by atoms with Crippen LogP contribution < -0.4 is 9.47 Å². The molecule has 2 bridgehead atoms. The van der Waals surface area contributed by atoms with Crippen LogP contribution in [0.25, 0.3) is 12.2 Å². The molecule has 2 fully saturated rings. The first-order chi connectivity index (χ1) is 24.3. The van der Waals surface area contributed by atoms with Crippen LogP contribution in [0.15, 0.2) is 84.7 Å². The van der Waals surface area contributed by atoms with Gasteiger partial charge < -0.3 is 28.4 Å². The Bertz CT molecular complexity index is 1720. The first-order valence-corrected chi connectivity index (χ1v) is 16.3. The molecule has 0 spiro atoms. The zero-order valence-electron chi connectivity index (χ0n) is 28.6. The minimum atomic E-state index is -0.792. The van der Waals surface area contributed by atoms with E-state index in [1.807, 2.05) is 0 Å². The maximum absolute atomic E-state index is 13.4. The number of carbonyl (C=O) groups excluding carboxylic acids is 6. The van der Waals surface area contributed by atoms with Crippen molar-refractivity contribution in [3.8, 4) is 11.5 Å². The van der Waals surface area contributed by atoms with E-state index in [0.29, 0.717) is 61.0 Å². The van der Waals surface area contributed by atoms with Gasteiger partial charge in [0.05, 0.1) is 10.8 Å². The second-order valence-corrected chi connectivity index (χ2v) is 12.5. The second-order valence-electron chi connectivity index (χ2n) is 12.5. The fourth-order valence-corrected chi connectivity index (χ4v) is 5.77. The Balaban J connectivity index is 1.24. The Morgan fingerprint density at radius 2 is 1.08 bits per heavy atom. The van der Waals surface area contributed by atoms with E-state index in [2.05, 4.69) is 13.2 Å². The minimum absolute atomic E-state index is 0.0131. The summed E-state index contributed by atoms with van der Waals surface area (Å²) >= 11 is 0. The van der Waals surface area contributed by atoms with Crippen LogP contribution in [0.2, 0.25) is 0 Å². The third kappa shape index (κ3) is 10.4. The van der Waals surface area contributed by atoms with Crippen molar-refractivity contribution in [3.05, 3.63) is 95.8 Å². The molecule has 0 aliphatic heterocycles. The van der Waals surface area contributed by atoms with E-state index in [0.717, 1.165) is 0 Å². The molecule has 2 aliphatic rings. The van der Waals surface area contributed by atoms with Crippen LogP contribution >= 0.6 is 0 Å². The highest BCUT2D eigenvalue weighted by atomic mass is 16.6. The van der Waals surface area contributed by atoms with E-state index in [1.54, 1.807) is 48.5 Å². The summed E-state index contributed by atoms with van der Waals surface area (Å²) in [4.78, 5) is 72.9. The van der Waals surface area contributed by atoms with Crippen LogP contribution in [-0.2, 0) is 47.7 Å². The van der Waals surface area contributed by atoms with Gasteiger partial charge in [-0.2, -0.15) is 0 Å². The zero-order chi connectivity index (χ0) is 37.0. The Hall–Kier alpha value is -5.78. The maximum atomic E-state index is 13.4. The number of allylic oxidation sites excluding steroid dienone is 1. The first-order valence-electron chi connectivity index (χ1n) is 16.3. The van der Waals surface area contributed by atoms with Gasteiger partial charge in [-0.3, -0.25) is 14.4 Å². The molecule has 2 aliphatic carbocycles. The average molecular weight is 701 g/mol. The van der Waals surface area contributed by atoms with Crippen molar-refractivity contribution in [2.45, 2.75) is 46.0 Å². The number of aldehydes is 1. The molecule has 2 aromatic rings. The Morgan fingerprint density at radius 1 is 0.647 bits per heavy atom. The lowest BCUT2D eigenvalue weighted by molar-refractivity contribution is -0.146. The third-order valence-corrected chi connectivity index (χ3v) is 8.57. The monoisotopic (exact) mass is 700 g/mol. The van der Waals surface area contributed by atoms with Crippen molar-refractivity contribution in [1.29, 1.82) is 0 Å². The molecule has 0 heterocycles. The van der Waals surface area contributed by atoms with Crippen molar-refractivity contribution in [3.63, 3.8) is 0 Å². The lowest BCUT2D eigenvalue weighted by atomic mass is 9.82. The largest absolute Gasteiger partial charge is 0.487 e. The lowest BCUT2D eigenvalue weighted by Crippen LogP contribution is -2.30. The van der Waals surface area contributed by atoms with Gasteiger partial charge in [-0.05, 0) is 93.5 Å².